The van der Waals surface area contributed by atoms with Crippen molar-refractivity contribution >= 4 is 56.8 Å². The van der Waals surface area contributed by atoms with E-state index in [9.17, 15) is 10.1 Å². The number of anilines is 5. The van der Waals surface area contributed by atoms with Gasteiger partial charge in [-0.15, -0.1) is 0 Å². The van der Waals surface area contributed by atoms with Gasteiger partial charge < -0.3 is 30.9 Å². The second-order valence-electron chi connectivity index (χ2n) is 9.10. The Morgan fingerprint density at radius 2 is 1.88 bits per heavy atom. The molecule has 0 saturated heterocycles. The Morgan fingerprint density at radius 1 is 1.07 bits per heavy atom. The second-order valence-corrected chi connectivity index (χ2v) is 9.51. The number of likely N-dealkylation sites (N-methyl/N-ethyl adjacent to an activating group) is 1. The molecular formula is C30H30ClN7O2. The number of pyridine rings is 1. The average molecular weight is 556 g/mol. The minimum Gasteiger partial charge on any atom is -0.494 e. The SMILES string of the molecule is COc1cc2ncc(C#N)c(Nc3ccc(NCNc4ccccc4)c(Cl)c3)c2cc1NC(=O)/C=C/CN(C)C. The Bertz CT molecular complexity index is 1570. The molecule has 0 atom stereocenters. The normalized spacial score (nSPS) is 10.9. The van der Waals surface area contributed by atoms with Gasteiger partial charge in [0.1, 0.15) is 11.8 Å². The van der Waals surface area contributed by atoms with Crippen molar-refractivity contribution in [2.24, 2.45) is 0 Å². The molecule has 0 aliphatic rings. The molecule has 0 unspecified atom stereocenters. The van der Waals surface area contributed by atoms with Crippen LogP contribution >= 0.6 is 11.6 Å². The van der Waals surface area contributed by atoms with Crippen LogP contribution < -0.4 is 26.0 Å². The zero-order chi connectivity index (χ0) is 28.5. The van der Waals surface area contributed by atoms with Gasteiger partial charge in [-0.3, -0.25) is 9.78 Å². The van der Waals surface area contributed by atoms with Crippen molar-refractivity contribution in [3.8, 4) is 11.8 Å². The first kappa shape index (κ1) is 28.2. The molecule has 1 heterocycles. The summed E-state index contributed by atoms with van der Waals surface area (Å²) in [6, 6.07) is 21.0. The number of hydrogen-bond acceptors (Lipinski definition) is 8. The largest absolute Gasteiger partial charge is 0.494 e. The van der Waals surface area contributed by atoms with Crippen LogP contribution in [0.4, 0.5) is 28.4 Å². The summed E-state index contributed by atoms with van der Waals surface area (Å²) in [5, 5.41) is 23.7. The minimum atomic E-state index is -0.296. The number of halogens is 1. The lowest BCUT2D eigenvalue weighted by Gasteiger charge is -2.16. The number of rotatable bonds is 11. The van der Waals surface area contributed by atoms with Crippen molar-refractivity contribution in [1.29, 1.82) is 5.26 Å². The van der Waals surface area contributed by atoms with Crippen LogP contribution in [0, 0.1) is 11.3 Å². The van der Waals surface area contributed by atoms with Gasteiger partial charge in [-0.25, -0.2) is 0 Å². The number of carbonyl (C=O) groups excluding carboxylic acids is 1. The molecule has 10 heteroatoms. The third-order valence-corrected chi connectivity index (χ3v) is 6.20. The Hall–Kier alpha value is -4.78. The Labute approximate surface area is 238 Å². The lowest BCUT2D eigenvalue weighted by atomic mass is 10.1. The van der Waals surface area contributed by atoms with E-state index in [1.54, 1.807) is 24.3 Å². The van der Waals surface area contributed by atoms with Crippen molar-refractivity contribution in [3.63, 3.8) is 0 Å². The van der Waals surface area contributed by atoms with Crippen molar-refractivity contribution in [3.05, 3.63) is 89.6 Å². The Morgan fingerprint density at radius 3 is 2.58 bits per heavy atom. The van der Waals surface area contributed by atoms with Crippen LogP contribution in [-0.4, -0.2) is 50.2 Å². The number of amides is 1. The summed E-state index contributed by atoms with van der Waals surface area (Å²) in [5.41, 5.74) is 4.36. The first-order chi connectivity index (χ1) is 19.4. The molecule has 4 aromatic rings. The molecule has 0 aliphatic heterocycles. The second kappa shape index (κ2) is 13.3. The number of benzene rings is 3. The number of ether oxygens (including phenoxy) is 1. The molecule has 4 rings (SSSR count). The molecule has 1 aromatic heterocycles. The van der Waals surface area contributed by atoms with Gasteiger partial charge in [-0.05, 0) is 50.5 Å². The molecule has 0 radical (unpaired) electrons. The monoisotopic (exact) mass is 555 g/mol. The van der Waals surface area contributed by atoms with E-state index >= 15 is 0 Å². The standard InChI is InChI=1S/C30H30ClN7O2/c1-38(2)13-7-10-29(39)37-27-15-23-26(16-28(27)40-3)33-18-20(17-32)30(23)36-22-11-12-25(24(31)14-22)35-19-34-21-8-5-4-6-9-21/h4-12,14-16,18,34-35H,13,19H2,1-3H3,(H,33,36)(H,37,39)/b10-7+. The fourth-order valence-electron chi connectivity index (χ4n) is 3.93. The quantitative estimate of drug-likeness (QED) is 0.131. The molecule has 0 spiro atoms. The molecular weight excluding hydrogens is 526 g/mol. The number of carbonyl (C=O) groups is 1. The lowest BCUT2D eigenvalue weighted by Crippen LogP contribution is -2.13. The minimum absolute atomic E-state index is 0.296. The van der Waals surface area contributed by atoms with Crippen molar-refractivity contribution < 1.29 is 9.53 Å². The summed E-state index contributed by atoms with van der Waals surface area (Å²) in [5.74, 6) is 0.155. The molecule has 40 heavy (non-hydrogen) atoms. The highest BCUT2D eigenvalue weighted by Gasteiger charge is 2.15. The van der Waals surface area contributed by atoms with Crippen LogP contribution in [0.5, 0.6) is 5.75 Å². The van der Waals surface area contributed by atoms with Crippen molar-refractivity contribution in [2.45, 2.75) is 0 Å². The number of aromatic nitrogens is 1. The fraction of sp³-hybridized carbons (Fsp3) is 0.167. The number of nitrogens with one attached hydrogen (secondary N) is 4. The summed E-state index contributed by atoms with van der Waals surface area (Å²) in [6.07, 6.45) is 4.74. The third kappa shape index (κ3) is 7.20. The maximum absolute atomic E-state index is 12.5. The molecule has 0 bridgehead atoms. The molecule has 1 amide bonds. The molecule has 204 valence electrons. The van der Waals surface area contributed by atoms with Gasteiger partial charge >= 0.3 is 0 Å². The van der Waals surface area contributed by atoms with Crippen LogP contribution in [0.25, 0.3) is 10.9 Å². The van der Waals surface area contributed by atoms with Crippen LogP contribution in [0.2, 0.25) is 5.02 Å². The highest BCUT2D eigenvalue weighted by molar-refractivity contribution is 6.33. The number of para-hydroxylation sites is 1. The van der Waals surface area contributed by atoms with E-state index in [2.05, 4.69) is 32.3 Å². The van der Waals surface area contributed by atoms with Crippen LogP contribution in [0.3, 0.4) is 0 Å². The Kier molecular flexibility index (Phi) is 9.41. The molecule has 4 N–H and O–H groups in total. The molecule has 3 aromatic carbocycles. The van der Waals surface area contributed by atoms with Crippen LogP contribution in [-0.2, 0) is 4.79 Å². The van der Waals surface area contributed by atoms with Gasteiger partial charge in [0.05, 0.1) is 46.9 Å². The van der Waals surface area contributed by atoms with Gasteiger partial charge in [0.2, 0.25) is 5.91 Å². The van der Waals surface area contributed by atoms with E-state index in [4.69, 9.17) is 16.3 Å². The van der Waals surface area contributed by atoms with E-state index in [1.165, 1.54) is 19.4 Å². The maximum Gasteiger partial charge on any atom is 0.248 e. The average Bonchev–Trinajstić information content (AvgIpc) is 2.94. The molecule has 0 saturated carbocycles. The Balaban J connectivity index is 1.58. The fourth-order valence-corrected chi connectivity index (χ4v) is 4.18. The molecule has 9 nitrogen and oxygen atoms in total. The van der Waals surface area contributed by atoms with E-state index in [0.717, 1.165) is 11.4 Å². The van der Waals surface area contributed by atoms with Gasteiger partial charge in [-0.2, -0.15) is 5.26 Å². The van der Waals surface area contributed by atoms with Gasteiger partial charge in [-0.1, -0.05) is 35.9 Å². The first-order valence-electron chi connectivity index (χ1n) is 12.5. The molecule has 0 aliphatic carbocycles. The summed E-state index contributed by atoms with van der Waals surface area (Å²) in [7, 11) is 5.36. The van der Waals surface area contributed by atoms with Crippen molar-refractivity contribution in [1.82, 2.24) is 9.88 Å². The predicted molar refractivity (Wildman–Crippen MR) is 163 cm³/mol. The number of methoxy groups -OCH3 is 1. The maximum atomic E-state index is 12.5. The van der Waals surface area contributed by atoms with Crippen LogP contribution in [0.15, 0.2) is 79.0 Å². The topological polar surface area (TPSA) is 114 Å². The number of fused-ring (bicyclic) bond motifs is 1. The van der Waals surface area contributed by atoms with E-state index in [-0.39, 0.29) is 5.91 Å². The van der Waals surface area contributed by atoms with Gasteiger partial charge in [0.15, 0.2) is 0 Å². The zero-order valence-electron chi connectivity index (χ0n) is 22.5. The predicted octanol–water partition coefficient (Wildman–Crippen LogP) is 6.05. The number of nitrogens with zero attached hydrogens (tertiary/aromatic N) is 3. The number of hydrogen-bond donors (Lipinski definition) is 4. The third-order valence-electron chi connectivity index (χ3n) is 5.89. The number of nitriles is 1. The summed E-state index contributed by atoms with van der Waals surface area (Å²) in [4.78, 5) is 18.9. The lowest BCUT2D eigenvalue weighted by molar-refractivity contribution is -0.111. The highest BCUT2D eigenvalue weighted by Crippen LogP contribution is 2.37. The van der Waals surface area contributed by atoms with Gasteiger partial charge in [0.25, 0.3) is 0 Å². The summed E-state index contributed by atoms with van der Waals surface area (Å²) in [6.45, 7) is 1.12. The van der Waals surface area contributed by atoms with E-state index < -0.39 is 0 Å². The van der Waals surface area contributed by atoms with Crippen molar-refractivity contribution in [2.75, 3.05) is 55.7 Å². The first-order valence-corrected chi connectivity index (χ1v) is 12.9. The smallest absolute Gasteiger partial charge is 0.248 e. The van der Waals surface area contributed by atoms with E-state index in [0.29, 0.717) is 57.5 Å². The van der Waals surface area contributed by atoms with E-state index in [1.807, 2.05) is 61.5 Å². The summed E-state index contributed by atoms with van der Waals surface area (Å²) < 4.78 is 5.50. The van der Waals surface area contributed by atoms with Gasteiger partial charge in [0, 0.05) is 41.6 Å². The highest BCUT2D eigenvalue weighted by atomic mass is 35.5. The molecule has 0 fully saturated rings. The van der Waals surface area contributed by atoms with Crippen LogP contribution in [0.1, 0.15) is 5.56 Å². The zero-order valence-corrected chi connectivity index (χ0v) is 23.2. The summed E-state index contributed by atoms with van der Waals surface area (Å²) >= 11 is 6.57.